The van der Waals surface area contributed by atoms with Crippen molar-refractivity contribution < 1.29 is 123 Å². The van der Waals surface area contributed by atoms with Crippen LogP contribution in [-0.2, 0) is 22.4 Å². The number of H-pyrrole nitrogens is 2. The third-order valence-corrected chi connectivity index (χ3v) is 4.91. The molecule has 4 rings (SSSR count). The van der Waals surface area contributed by atoms with Crippen LogP contribution in [0.2, 0.25) is 0 Å². The molecule has 0 bridgehead atoms. The molecule has 2 N–H and O–H groups in total. The van der Waals surface area contributed by atoms with Gasteiger partial charge >= 0.3 is 103 Å². The summed E-state index contributed by atoms with van der Waals surface area (Å²) >= 11 is 0. The van der Waals surface area contributed by atoms with Crippen LogP contribution in [0.25, 0.3) is 21.8 Å². The van der Waals surface area contributed by atoms with Gasteiger partial charge < -0.3 is 29.8 Å². The SMILES string of the molecule is O=C([O-])CCCc1c[nH]c2ccccc12.O=C([O-])CCCc1cc2ccccc2[nH]1.[K+].[K+]. The first-order valence-corrected chi connectivity index (χ1v) is 10.0. The zero-order valence-electron chi connectivity index (χ0n) is 18.6. The largest absolute Gasteiger partial charge is 1.00 e. The number of aromatic amines is 2. The summed E-state index contributed by atoms with van der Waals surface area (Å²) in [5.74, 6) is -1.96. The Balaban J connectivity index is 0.000000301. The number of carbonyl (C=O) groups excluding carboxylic acids is 2. The molecule has 156 valence electrons. The topological polar surface area (TPSA) is 112 Å². The van der Waals surface area contributed by atoms with Gasteiger partial charge in [-0.3, -0.25) is 0 Å². The van der Waals surface area contributed by atoms with E-state index in [4.69, 9.17) is 0 Å². The number of rotatable bonds is 8. The van der Waals surface area contributed by atoms with E-state index >= 15 is 0 Å². The summed E-state index contributed by atoms with van der Waals surface area (Å²) in [5, 5.41) is 22.9. The minimum absolute atomic E-state index is 0. The van der Waals surface area contributed by atoms with E-state index in [-0.39, 0.29) is 116 Å². The van der Waals surface area contributed by atoms with E-state index in [1.54, 1.807) is 0 Å². The monoisotopic (exact) mass is 482 g/mol. The normalized spacial score (nSPS) is 10.0. The van der Waals surface area contributed by atoms with Crippen molar-refractivity contribution in [2.75, 3.05) is 0 Å². The number of para-hydroxylation sites is 2. The van der Waals surface area contributed by atoms with Gasteiger partial charge in [0.05, 0.1) is 0 Å². The fourth-order valence-corrected chi connectivity index (χ4v) is 3.45. The van der Waals surface area contributed by atoms with Crippen LogP contribution in [-0.4, -0.2) is 21.9 Å². The van der Waals surface area contributed by atoms with Crippen LogP contribution < -0.4 is 113 Å². The van der Waals surface area contributed by atoms with Crippen LogP contribution in [0.1, 0.15) is 36.9 Å². The van der Waals surface area contributed by atoms with Gasteiger partial charge in [-0.1, -0.05) is 36.4 Å². The van der Waals surface area contributed by atoms with E-state index in [1.165, 1.54) is 16.3 Å². The Kier molecular flexibility index (Phi) is 14.5. The smallest absolute Gasteiger partial charge is 0.550 e. The maximum absolute atomic E-state index is 10.3. The predicted molar refractivity (Wildman–Crippen MR) is 112 cm³/mol. The molecule has 2 heterocycles. The molecule has 6 nitrogen and oxygen atoms in total. The van der Waals surface area contributed by atoms with Gasteiger partial charge in [0.2, 0.25) is 0 Å². The first-order valence-electron chi connectivity index (χ1n) is 10.0. The number of nitrogens with one attached hydrogen (secondary N) is 2. The molecule has 32 heavy (non-hydrogen) atoms. The summed E-state index contributed by atoms with van der Waals surface area (Å²) in [4.78, 5) is 26.9. The van der Waals surface area contributed by atoms with Gasteiger partial charge in [-0.2, -0.15) is 0 Å². The molecule has 0 amide bonds. The average molecular weight is 483 g/mol. The Hall–Kier alpha value is -0.267. The van der Waals surface area contributed by atoms with Crippen LogP contribution in [0.5, 0.6) is 0 Å². The molecule has 0 fully saturated rings. The van der Waals surface area contributed by atoms with Gasteiger partial charge in [-0.05, 0) is 67.7 Å². The number of fused-ring (bicyclic) bond motifs is 2. The Morgan fingerprint density at radius 2 is 1.38 bits per heavy atom. The zero-order valence-corrected chi connectivity index (χ0v) is 24.9. The van der Waals surface area contributed by atoms with E-state index in [0.29, 0.717) is 12.8 Å². The number of carboxylic acids is 2. The Morgan fingerprint density at radius 3 is 2.03 bits per heavy atom. The maximum Gasteiger partial charge on any atom is 1.00 e. The summed E-state index contributed by atoms with van der Waals surface area (Å²) < 4.78 is 0. The Bertz CT molecular complexity index is 1100. The molecule has 0 aliphatic carbocycles. The van der Waals surface area contributed by atoms with Crippen molar-refractivity contribution in [3.8, 4) is 0 Å². The van der Waals surface area contributed by atoms with Crippen molar-refractivity contribution in [1.29, 1.82) is 0 Å². The molecule has 0 saturated heterocycles. The van der Waals surface area contributed by atoms with Gasteiger partial charge in [-0.25, -0.2) is 0 Å². The van der Waals surface area contributed by atoms with Crippen LogP contribution in [0.4, 0.5) is 0 Å². The maximum atomic E-state index is 10.3. The van der Waals surface area contributed by atoms with Crippen molar-refractivity contribution in [3.63, 3.8) is 0 Å². The van der Waals surface area contributed by atoms with E-state index in [2.05, 4.69) is 16.0 Å². The average Bonchev–Trinajstić information content (AvgIpc) is 3.32. The quantitative estimate of drug-likeness (QED) is 0.254. The first kappa shape index (κ1) is 29.8. The van der Waals surface area contributed by atoms with Crippen LogP contribution >= 0.6 is 0 Å². The molecular formula is C24H24K2N2O4. The standard InChI is InChI=1S/2C12H13NO2.2K/c14-12(15)7-3-4-9-8-13-11-6-2-1-5-10(9)11;14-12(15)7-3-5-10-8-9-4-1-2-6-11(9)13-10;;/h1-2,5-6,8,13H,3-4,7H2,(H,14,15);1-2,4,6,8,13H,3,5,7H2,(H,14,15);;/q;;2*+1/p-2. The molecule has 0 aliphatic heterocycles. The minimum Gasteiger partial charge on any atom is -0.550 e. The second-order valence-corrected chi connectivity index (χ2v) is 7.19. The summed E-state index contributed by atoms with van der Waals surface area (Å²) in [6.07, 6.45) is 4.97. The Labute approximate surface area is 272 Å². The van der Waals surface area contributed by atoms with Crippen LogP contribution in [0.3, 0.4) is 0 Å². The second-order valence-electron chi connectivity index (χ2n) is 7.19. The van der Waals surface area contributed by atoms with Crippen molar-refractivity contribution in [1.82, 2.24) is 9.97 Å². The second kappa shape index (κ2) is 15.6. The summed E-state index contributed by atoms with van der Waals surface area (Å²) in [7, 11) is 0. The molecule has 0 unspecified atom stereocenters. The number of aryl methyl sites for hydroxylation is 2. The molecule has 2 aromatic heterocycles. The molecule has 0 radical (unpaired) electrons. The molecule has 0 saturated carbocycles. The van der Waals surface area contributed by atoms with Gasteiger partial charge in [-0.15, -0.1) is 0 Å². The van der Waals surface area contributed by atoms with Crippen molar-refractivity contribution in [3.05, 3.63) is 72.1 Å². The number of aliphatic carboxylic acids is 2. The van der Waals surface area contributed by atoms with E-state index < -0.39 is 11.9 Å². The minimum atomic E-state index is -0.980. The molecule has 8 heteroatoms. The number of benzene rings is 2. The summed E-state index contributed by atoms with van der Waals surface area (Å²) in [6, 6.07) is 18.1. The fourth-order valence-electron chi connectivity index (χ4n) is 3.45. The first-order chi connectivity index (χ1) is 14.5. The van der Waals surface area contributed by atoms with Gasteiger partial charge in [0.1, 0.15) is 0 Å². The van der Waals surface area contributed by atoms with Crippen molar-refractivity contribution in [2.45, 2.75) is 38.5 Å². The molecular weight excluding hydrogens is 458 g/mol. The van der Waals surface area contributed by atoms with Crippen LogP contribution in [0.15, 0.2) is 60.8 Å². The number of carbonyl (C=O) groups is 2. The summed E-state index contributed by atoms with van der Waals surface area (Å²) in [6.45, 7) is 0. The molecule has 2 aromatic carbocycles. The number of carboxylic acid groups (broad SMARTS) is 2. The molecule has 0 aliphatic rings. The number of hydrogen-bond acceptors (Lipinski definition) is 4. The summed E-state index contributed by atoms with van der Waals surface area (Å²) in [5.41, 5.74) is 4.45. The Morgan fingerprint density at radius 1 is 0.781 bits per heavy atom. The van der Waals surface area contributed by atoms with E-state index in [0.717, 1.165) is 29.6 Å². The van der Waals surface area contributed by atoms with E-state index in [1.807, 2.05) is 54.7 Å². The fraction of sp³-hybridized carbons (Fsp3) is 0.250. The van der Waals surface area contributed by atoms with Gasteiger partial charge in [0, 0.05) is 40.2 Å². The molecule has 0 spiro atoms. The zero-order chi connectivity index (χ0) is 21.3. The number of hydrogen-bond donors (Lipinski definition) is 2. The third kappa shape index (κ3) is 9.54. The number of aromatic nitrogens is 2. The van der Waals surface area contributed by atoms with Gasteiger partial charge in [0.15, 0.2) is 0 Å². The van der Waals surface area contributed by atoms with Crippen molar-refractivity contribution >= 4 is 33.7 Å². The van der Waals surface area contributed by atoms with Crippen LogP contribution in [0, 0.1) is 0 Å². The third-order valence-electron chi connectivity index (χ3n) is 4.91. The van der Waals surface area contributed by atoms with Gasteiger partial charge in [0.25, 0.3) is 0 Å². The molecule has 4 aromatic rings. The predicted octanol–water partition coefficient (Wildman–Crippen LogP) is -3.51. The molecule has 0 atom stereocenters. The van der Waals surface area contributed by atoms with E-state index in [9.17, 15) is 19.8 Å². The van der Waals surface area contributed by atoms with Crippen molar-refractivity contribution in [2.24, 2.45) is 0 Å².